The fraction of sp³-hybridized carbons (Fsp3) is 0.647. The Labute approximate surface area is 117 Å². The van der Waals surface area contributed by atoms with E-state index >= 15 is 0 Å². The van der Waals surface area contributed by atoms with Gasteiger partial charge in [-0.3, -0.25) is 0 Å². The minimum Gasteiger partial charge on any atom is -0.377 e. The molecule has 0 bridgehead atoms. The summed E-state index contributed by atoms with van der Waals surface area (Å²) in [4.78, 5) is 0. The van der Waals surface area contributed by atoms with Gasteiger partial charge in [-0.2, -0.15) is 0 Å². The van der Waals surface area contributed by atoms with Gasteiger partial charge in [0, 0.05) is 13.2 Å². The Bertz CT molecular complexity index is 390. The fourth-order valence-electron chi connectivity index (χ4n) is 3.14. The molecule has 0 aliphatic heterocycles. The molecule has 1 aliphatic rings. The number of nitrogens with two attached hydrogens (primary N) is 1. The van der Waals surface area contributed by atoms with Crippen molar-refractivity contribution < 1.29 is 4.74 Å². The van der Waals surface area contributed by atoms with Crippen LogP contribution in [0.2, 0.25) is 0 Å². The number of rotatable bonds is 4. The summed E-state index contributed by atoms with van der Waals surface area (Å²) in [5.74, 6) is 0.815. The zero-order chi connectivity index (χ0) is 13.9. The Balaban J connectivity index is 2.04. The highest BCUT2D eigenvalue weighted by atomic mass is 16.5. The first-order valence-electron chi connectivity index (χ1n) is 7.42. The molecule has 1 aromatic rings. The molecule has 2 heteroatoms. The zero-order valence-electron chi connectivity index (χ0n) is 12.5. The molecule has 106 valence electrons. The number of aryl methyl sites for hydroxylation is 1. The third-order valence-electron chi connectivity index (χ3n) is 4.78. The molecule has 2 nitrogen and oxygen atoms in total. The molecule has 0 heterocycles. The van der Waals surface area contributed by atoms with Crippen LogP contribution in [0.1, 0.15) is 43.7 Å². The summed E-state index contributed by atoms with van der Waals surface area (Å²) in [5, 5.41) is 0. The van der Waals surface area contributed by atoms with Crippen LogP contribution in [0, 0.1) is 12.8 Å². The highest BCUT2D eigenvalue weighted by Crippen LogP contribution is 2.37. The van der Waals surface area contributed by atoms with Crippen LogP contribution in [-0.4, -0.2) is 18.8 Å². The van der Waals surface area contributed by atoms with Crippen LogP contribution in [0.3, 0.4) is 0 Å². The van der Waals surface area contributed by atoms with Crippen LogP contribution in [0.5, 0.6) is 0 Å². The van der Waals surface area contributed by atoms with E-state index in [1.807, 2.05) is 7.11 Å². The van der Waals surface area contributed by atoms with Crippen LogP contribution >= 0.6 is 0 Å². The molecule has 2 N–H and O–H groups in total. The summed E-state index contributed by atoms with van der Waals surface area (Å²) < 4.78 is 5.86. The lowest BCUT2D eigenvalue weighted by atomic mass is 9.74. The summed E-state index contributed by atoms with van der Waals surface area (Å²) >= 11 is 0. The number of methoxy groups -OCH3 is 1. The third kappa shape index (κ3) is 3.37. The normalized spacial score (nSPS) is 29.2. The quantitative estimate of drug-likeness (QED) is 0.901. The van der Waals surface area contributed by atoms with E-state index in [-0.39, 0.29) is 11.6 Å². The largest absolute Gasteiger partial charge is 0.377 e. The Kier molecular flexibility index (Phi) is 4.64. The third-order valence-corrected chi connectivity index (χ3v) is 4.78. The van der Waals surface area contributed by atoms with Gasteiger partial charge in [0.2, 0.25) is 0 Å². The molecule has 0 amide bonds. The van der Waals surface area contributed by atoms with Crippen molar-refractivity contribution in [2.24, 2.45) is 11.7 Å². The highest BCUT2D eigenvalue weighted by Gasteiger charge is 2.39. The van der Waals surface area contributed by atoms with Crippen molar-refractivity contribution in [1.82, 2.24) is 0 Å². The molecule has 0 radical (unpaired) electrons. The van der Waals surface area contributed by atoms with Gasteiger partial charge in [-0.25, -0.2) is 0 Å². The first kappa shape index (κ1) is 14.5. The van der Waals surface area contributed by atoms with Gasteiger partial charge >= 0.3 is 0 Å². The van der Waals surface area contributed by atoms with Gasteiger partial charge in [-0.1, -0.05) is 36.8 Å². The van der Waals surface area contributed by atoms with Crippen LogP contribution in [0.15, 0.2) is 24.3 Å². The molecule has 2 rings (SSSR count). The van der Waals surface area contributed by atoms with Gasteiger partial charge in [0.05, 0.1) is 5.60 Å². The Morgan fingerprint density at radius 1 is 1.26 bits per heavy atom. The monoisotopic (exact) mass is 261 g/mol. The van der Waals surface area contributed by atoms with Crippen LogP contribution in [-0.2, 0) is 11.2 Å². The van der Waals surface area contributed by atoms with E-state index in [1.165, 1.54) is 24.0 Å². The lowest BCUT2D eigenvalue weighted by Crippen LogP contribution is -2.52. The number of ether oxygens (including phenoxy) is 1. The Morgan fingerprint density at radius 2 is 1.84 bits per heavy atom. The topological polar surface area (TPSA) is 35.2 Å². The van der Waals surface area contributed by atoms with Crippen molar-refractivity contribution in [3.8, 4) is 0 Å². The van der Waals surface area contributed by atoms with Gasteiger partial charge in [0.25, 0.3) is 0 Å². The highest BCUT2D eigenvalue weighted by molar-refractivity contribution is 5.22. The minimum absolute atomic E-state index is 0.0905. The van der Waals surface area contributed by atoms with Crippen molar-refractivity contribution >= 4 is 0 Å². The summed E-state index contributed by atoms with van der Waals surface area (Å²) in [5.41, 5.74) is 8.98. The SMILES string of the molecule is COC1(C(N)Cc2ccc(C)cc2)CCC(C)CC1. The second-order valence-electron chi connectivity index (χ2n) is 6.25. The Hall–Kier alpha value is -0.860. The smallest absolute Gasteiger partial charge is 0.0832 e. The molecule has 1 fully saturated rings. The maximum Gasteiger partial charge on any atom is 0.0832 e. The van der Waals surface area contributed by atoms with E-state index in [4.69, 9.17) is 10.5 Å². The number of hydrogen-bond donors (Lipinski definition) is 1. The van der Waals surface area contributed by atoms with E-state index in [1.54, 1.807) is 0 Å². The second-order valence-corrected chi connectivity index (χ2v) is 6.25. The van der Waals surface area contributed by atoms with Gasteiger partial charge in [0.1, 0.15) is 0 Å². The predicted molar refractivity (Wildman–Crippen MR) is 80.2 cm³/mol. The average Bonchev–Trinajstić information content (AvgIpc) is 2.42. The van der Waals surface area contributed by atoms with Crippen molar-refractivity contribution in [3.63, 3.8) is 0 Å². The molecule has 0 aromatic heterocycles. The van der Waals surface area contributed by atoms with E-state index in [0.717, 1.165) is 25.2 Å². The maximum atomic E-state index is 6.48. The summed E-state index contributed by atoms with van der Waals surface area (Å²) in [6.45, 7) is 4.44. The summed E-state index contributed by atoms with van der Waals surface area (Å²) in [6.07, 6.45) is 5.56. The van der Waals surface area contributed by atoms with Crippen LogP contribution in [0.25, 0.3) is 0 Å². The van der Waals surface area contributed by atoms with E-state index in [0.29, 0.717) is 0 Å². The maximum absolute atomic E-state index is 6.48. The van der Waals surface area contributed by atoms with E-state index in [9.17, 15) is 0 Å². The van der Waals surface area contributed by atoms with Gasteiger partial charge in [-0.05, 0) is 50.5 Å². The van der Waals surface area contributed by atoms with Crippen LogP contribution in [0.4, 0.5) is 0 Å². The fourth-order valence-corrected chi connectivity index (χ4v) is 3.14. The molecule has 1 aromatic carbocycles. The average molecular weight is 261 g/mol. The molecule has 19 heavy (non-hydrogen) atoms. The summed E-state index contributed by atoms with van der Waals surface area (Å²) in [6, 6.07) is 8.77. The molecule has 0 spiro atoms. The zero-order valence-corrected chi connectivity index (χ0v) is 12.5. The minimum atomic E-state index is -0.114. The van der Waals surface area contributed by atoms with Crippen molar-refractivity contribution in [1.29, 1.82) is 0 Å². The summed E-state index contributed by atoms with van der Waals surface area (Å²) in [7, 11) is 1.82. The number of hydrogen-bond acceptors (Lipinski definition) is 2. The molecule has 1 saturated carbocycles. The van der Waals surface area contributed by atoms with Crippen molar-refractivity contribution in [2.45, 2.75) is 57.6 Å². The molecular formula is C17H27NO. The lowest BCUT2D eigenvalue weighted by molar-refractivity contribution is -0.0659. The lowest BCUT2D eigenvalue weighted by Gasteiger charge is -2.42. The molecule has 0 saturated heterocycles. The Morgan fingerprint density at radius 3 is 2.37 bits per heavy atom. The first-order valence-corrected chi connectivity index (χ1v) is 7.42. The first-order chi connectivity index (χ1) is 9.05. The molecule has 1 aliphatic carbocycles. The van der Waals surface area contributed by atoms with Crippen molar-refractivity contribution in [2.75, 3.05) is 7.11 Å². The second kappa shape index (κ2) is 6.06. The molecular weight excluding hydrogens is 234 g/mol. The van der Waals surface area contributed by atoms with Gasteiger partial charge < -0.3 is 10.5 Å². The van der Waals surface area contributed by atoms with E-state index < -0.39 is 0 Å². The standard InChI is InChI=1S/C17H27NO/c1-13-4-6-15(7-5-13)12-16(18)17(19-3)10-8-14(2)9-11-17/h4-7,14,16H,8-12,18H2,1-3H3. The van der Waals surface area contributed by atoms with Gasteiger partial charge in [0.15, 0.2) is 0 Å². The molecule has 1 unspecified atom stereocenters. The molecule has 1 atom stereocenters. The van der Waals surface area contributed by atoms with Crippen LogP contribution < -0.4 is 5.73 Å². The van der Waals surface area contributed by atoms with Gasteiger partial charge in [-0.15, -0.1) is 0 Å². The number of benzene rings is 1. The predicted octanol–water partition coefficient (Wildman–Crippen LogP) is 3.46. The van der Waals surface area contributed by atoms with E-state index in [2.05, 4.69) is 38.1 Å². The van der Waals surface area contributed by atoms with Crippen molar-refractivity contribution in [3.05, 3.63) is 35.4 Å².